The van der Waals surface area contributed by atoms with Gasteiger partial charge < -0.3 is 14.8 Å². The zero-order chi connectivity index (χ0) is 20.1. The number of halogens is 3. The second-order valence-electron chi connectivity index (χ2n) is 6.02. The van der Waals surface area contributed by atoms with E-state index in [1.165, 1.54) is 19.1 Å². The fourth-order valence-corrected chi connectivity index (χ4v) is 2.17. The maximum atomic E-state index is 12.3. The zero-order valence-electron chi connectivity index (χ0n) is 14.6. The largest absolute Gasteiger partial charge is 0.573 e. The Labute approximate surface area is 154 Å². The van der Waals surface area contributed by atoms with Crippen LogP contribution in [0.15, 0.2) is 48.5 Å². The van der Waals surface area contributed by atoms with Crippen molar-refractivity contribution in [2.75, 3.05) is 6.61 Å². The topological polar surface area (TPSA) is 71.3 Å². The SMILES string of the molecule is Cc1ccccc1OCC(C)(C#N)NC(=O)c1ccc(OC(F)(F)F)cc1. The Balaban J connectivity index is 2.03. The quantitative estimate of drug-likeness (QED) is 0.825. The van der Waals surface area contributed by atoms with Crippen LogP contribution in [-0.2, 0) is 0 Å². The van der Waals surface area contributed by atoms with Crippen LogP contribution in [0.25, 0.3) is 0 Å². The van der Waals surface area contributed by atoms with Gasteiger partial charge in [-0.25, -0.2) is 0 Å². The molecule has 0 aliphatic carbocycles. The molecule has 8 heteroatoms. The van der Waals surface area contributed by atoms with E-state index in [1.54, 1.807) is 12.1 Å². The minimum Gasteiger partial charge on any atom is -0.490 e. The number of para-hydroxylation sites is 1. The van der Waals surface area contributed by atoms with Crippen molar-refractivity contribution in [3.05, 3.63) is 59.7 Å². The molecule has 0 saturated heterocycles. The number of rotatable bonds is 6. The van der Waals surface area contributed by atoms with Gasteiger partial charge >= 0.3 is 6.36 Å². The monoisotopic (exact) mass is 378 g/mol. The molecule has 27 heavy (non-hydrogen) atoms. The average molecular weight is 378 g/mol. The predicted octanol–water partition coefficient (Wildman–Crippen LogP) is 3.98. The number of carbonyl (C=O) groups excluding carboxylic acids is 1. The summed E-state index contributed by atoms with van der Waals surface area (Å²) in [5.74, 6) is -0.474. The van der Waals surface area contributed by atoms with E-state index < -0.39 is 23.6 Å². The Morgan fingerprint density at radius 2 is 1.78 bits per heavy atom. The lowest BCUT2D eigenvalue weighted by molar-refractivity contribution is -0.274. The van der Waals surface area contributed by atoms with Crippen molar-refractivity contribution in [2.45, 2.75) is 25.7 Å². The van der Waals surface area contributed by atoms with Crippen LogP contribution in [0.5, 0.6) is 11.5 Å². The normalized spacial score (nSPS) is 13.2. The first-order chi connectivity index (χ1) is 12.6. The second kappa shape index (κ2) is 7.99. The first-order valence-corrected chi connectivity index (χ1v) is 7.90. The Kier molecular flexibility index (Phi) is 5.95. The zero-order valence-corrected chi connectivity index (χ0v) is 14.6. The fraction of sp³-hybridized carbons (Fsp3) is 0.263. The molecule has 1 amide bonds. The van der Waals surface area contributed by atoms with Crippen LogP contribution >= 0.6 is 0 Å². The van der Waals surface area contributed by atoms with Gasteiger partial charge in [0.2, 0.25) is 0 Å². The summed E-state index contributed by atoms with van der Waals surface area (Å²) < 4.78 is 45.9. The lowest BCUT2D eigenvalue weighted by Gasteiger charge is -2.24. The molecule has 0 aliphatic heterocycles. The molecule has 0 aromatic heterocycles. The maximum Gasteiger partial charge on any atom is 0.573 e. The summed E-state index contributed by atoms with van der Waals surface area (Å²) in [6.07, 6.45) is -4.81. The molecule has 1 N–H and O–H groups in total. The Morgan fingerprint density at radius 1 is 1.15 bits per heavy atom. The first kappa shape index (κ1) is 20.1. The second-order valence-corrected chi connectivity index (χ2v) is 6.02. The number of hydrogen-bond donors (Lipinski definition) is 1. The molecule has 1 unspecified atom stereocenters. The summed E-state index contributed by atoms with van der Waals surface area (Å²) in [5.41, 5.74) is -0.369. The maximum absolute atomic E-state index is 12.3. The number of nitriles is 1. The molecule has 2 rings (SSSR count). The highest BCUT2D eigenvalue weighted by atomic mass is 19.4. The van der Waals surface area contributed by atoms with E-state index in [4.69, 9.17) is 4.74 Å². The van der Waals surface area contributed by atoms with E-state index in [-0.39, 0.29) is 12.2 Å². The van der Waals surface area contributed by atoms with E-state index in [0.717, 1.165) is 17.7 Å². The molecule has 0 radical (unpaired) electrons. The smallest absolute Gasteiger partial charge is 0.490 e. The molecule has 2 aromatic carbocycles. The average Bonchev–Trinajstić information content (AvgIpc) is 2.60. The number of ether oxygens (including phenoxy) is 2. The van der Waals surface area contributed by atoms with Crippen molar-refractivity contribution >= 4 is 5.91 Å². The minimum absolute atomic E-state index is 0.0851. The summed E-state index contributed by atoms with van der Waals surface area (Å²) in [4.78, 5) is 12.3. The van der Waals surface area contributed by atoms with Crippen molar-refractivity contribution < 1.29 is 27.4 Å². The Bertz CT molecular complexity index is 845. The number of benzene rings is 2. The highest BCUT2D eigenvalue weighted by Gasteiger charge is 2.31. The summed E-state index contributed by atoms with van der Waals surface area (Å²) in [5, 5.41) is 11.9. The summed E-state index contributed by atoms with van der Waals surface area (Å²) >= 11 is 0. The van der Waals surface area contributed by atoms with Crippen LogP contribution in [-0.4, -0.2) is 24.4 Å². The molecular formula is C19H17F3N2O3. The van der Waals surface area contributed by atoms with Gasteiger partial charge in [-0.3, -0.25) is 4.79 Å². The number of amides is 1. The van der Waals surface area contributed by atoms with Gasteiger partial charge in [0, 0.05) is 5.56 Å². The van der Waals surface area contributed by atoms with Crippen molar-refractivity contribution in [1.82, 2.24) is 5.32 Å². The number of nitrogens with one attached hydrogen (secondary N) is 1. The minimum atomic E-state index is -4.81. The Morgan fingerprint density at radius 3 is 2.33 bits per heavy atom. The number of nitrogens with zero attached hydrogens (tertiary/aromatic N) is 1. The van der Waals surface area contributed by atoms with E-state index in [2.05, 4.69) is 10.1 Å². The van der Waals surface area contributed by atoms with Crippen molar-refractivity contribution in [3.63, 3.8) is 0 Å². The predicted molar refractivity (Wildman–Crippen MR) is 91.3 cm³/mol. The molecule has 0 spiro atoms. The van der Waals surface area contributed by atoms with Gasteiger partial charge in [-0.1, -0.05) is 18.2 Å². The lowest BCUT2D eigenvalue weighted by atomic mass is 10.0. The van der Waals surface area contributed by atoms with E-state index in [1.807, 2.05) is 25.1 Å². The molecule has 0 heterocycles. The molecule has 2 aromatic rings. The van der Waals surface area contributed by atoms with Crippen LogP contribution in [0, 0.1) is 18.3 Å². The van der Waals surface area contributed by atoms with Gasteiger partial charge in [0.1, 0.15) is 18.1 Å². The van der Waals surface area contributed by atoms with Gasteiger partial charge in [0.25, 0.3) is 5.91 Å². The van der Waals surface area contributed by atoms with Gasteiger partial charge in [0.15, 0.2) is 5.54 Å². The van der Waals surface area contributed by atoms with E-state index >= 15 is 0 Å². The van der Waals surface area contributed by atoms with Crippen LogP contribution < -0.4 is 14.8 Å². The Hall–Kier alpha value is -3.21. The standard InChI is InChI=1S/C19H17F3N2O3/c1-13-5-3-4-6-16(13)26-12-18(2,11-23)24-17(25)14-7-9-15(10-8-14)27-19(20,21)22/h3-10H,12H2,1-2H3,(H,24,25). The first-order valence-electron chi connectivity index (χ1n) is 7.90. The third kappa shape index (κ3) is 5.92. The molecule has 1 atom stereocenters. The molecule has 0 bridgehead atoms. The molecule has 142 valence electrons. The van der Waals surface area contributed by atoms with Crippen LogP contribution in [0.2, 0.25) is 0 Å². The van der Waals surface area contributed by atoms with Crippen LogP contribution in [0.1, 0.15) is 22.8 Å². The van der Waals surface area contributed by atoms with Gasteiger partial charge in [-0.05, 0) is 49.7 Å². The van der Waals surface area contributed by atoms with E-state index in [0.29, 0.717) is 5.75 Å². The highest BCUT2D eigenvalue weighted by Crippen LogP contribution is 2.23. The van der Waals surface area contributed by atoms with Crippen molar-refractivity contribution in [1.29, 1.82) is 5.26 Å². The van der Waals surface area contributed by atoms with Gasteiger partial charge in [-0.2, -0.15) is 5.26 Å². The third-order valence-electron chi connectivity index (χ3n) is 3.60. The molecule has 0 saturated carbocycles. The fourth-order valence-electron chi connectivity index (χ4n) is 2.17. The highest BCUT2D eigenvalue weighted by molar-refractivity contribution is 5.95. The third-order valence-corrected chi connectivity index (χ3v) is 3.60. The molecule has 0 aliphatic rings. The number of hydrogen-bond acceptors (Lipinski definition) is 4. The van der Waals surface area contributed by atoms with Gasteiger partial charge in [-0.15, -0.1) is 13.2 Å². The summed E-state index contributed by atoms with van der Waals surface area (Å²) in [6.45, 7) is 3.24. The summed E-state index contributed by atoms with van der Waals surface area (Å²) in [6, 6.07) is 13.6. The van der Waals surface area contributed by atoms with Crippen molar-refractivity contribution in [3.8, 4) is 17.6 Å². The lowest BCUT2D eigenvalue weighted by Crippen LogP contribution is -2.49. The van der Waals surface area contributed by atoms with Gasteiger partial charge in [0.05, 0.1) is 6.07 Å². The van der Waals surface area contributed by atoms with E-state index in [9.17, 15) is 23.2 Å². The molecule has 0 fully saturated rings. The van der Waals surface area contributed by atoms with Crippen molar-refractivity contribution in [2.24, 2.45) is 0 Å². The van der Waals surface area contributed by atoms with Crippen LogP contribution in [0.4, 0.5) is 13.2 Å². The van der Waals surface area contributed by atoms with Crippen LogP contribution in [0.3, 0.4) is 0 Å². The number of alkyl halides is 3. The summed E-state index contributed by atoms with van der Waals surface area (Å²) in [7, 11) is 0. The molecule has 5 nitrogen and oxygen atoms in total. The number of carbonyl (C=O) groups is 1. The number of aryl methyl sites for hydroxylation is 1. The molecular weight excluding hydrogens is 361 g/mol.